The fourth-order valence-electron chi connectivity index (χ4n) is 3.37. The van der Waals surface area contributed by atoms with Crippen molar-refractivity contribution in [3.8, 4) is 17.1 Å². The van der Waals surface area contributed by atoms with Crippen molar-refractivity contribution in [2.75, 3.05) is 12.8 Å². The van der Waals surface area contributed by atoms with E-state index < -0.39 is 0 Å². The first-order valence-corrected chi connectivity index (χ1v) is 8.46. The number of methoxy groups -OCH3 is 1. The van der Waals surface area contributed by atoms with Crippen LogP contribution in [0, 0.1) is 6.92 Å². The number of benzene rings is 1. The lowest BCUT2D eigenvalue weighted by Crippen LogP contribution is -2.37. The Hall–Kier alpha value is -3.55. The number of rotatable bonds is 3. The summed E-state index contributed by atoms with van der Waals surface area (Å²) in [5.74, 6) is 0.397. The Morgan fingerprint density at radius 3 is 2.81 bits per heavy atom. The van der Waals surface area contributed by atoms with Crippen LogP contribution >= 0.6 is 0 Å². The maximum Gasteiger partial charge on any atom is 0.255 e. The molecular weight excluding hydrogens is 344 g/mol. The Kier molecular flexibility index (Phi) is 4.15. The zero-order chi connectivity index (χ0) is 19.0. The molecule has 0 saturated heterocycles. The molecule has 0 radical (unpaired) electrons. The minimum absolute atomic E-state index is 0.173. The van der Waals surface area contributed by atoms with Crippen molar-refractivity contribution < 1.29 is 9.53 Å². The molecule has 27 heavy (non-hydrogen) atoms. The number of nitrogens with zero attached hydrogens (tertiary/aromatic N) is 4. The van der Waals surface area contributed by atoms with Gasteiger partial charge < -0.3 is 15.8 Å². The summed E-state index contributed by atoms with van der Waals surface area (Å²) in [5.41, 5.74) is 9.98. The molecule has 0 fully saturated rings. The van der Waals surface area contributed by atoms with Gasteiger partial charge in [-0.2, -0.15) is 0 Å². The number of aryl methyl sites for hydroxylation is 1. The molecule has 0 spiro atoms. The second-order valence-corrected chi connectivity index (χ2v) is 6.25. The third-order valence-corrected chi connectivity index (χ3v) is 4.55. The Morgan fingerprint density at radius 2 is 2.00 bits per heavy atom. The number of hydrogen-bond acceptors (Lipinski definition) is 7. The first kappa shape index (κ1) is 16.9. The van der Waals surface area contributed by atoms with Crippen LogP contribution in [0.1, 0.15) is 33.4 Å². The molecule has 1 unspecified atom stereocenters. The van der Waals surface area contributed by atoms with Crippen LogP contribution in [0.4, 0.5) is 5.95 Å². The summed E-state index contributed by atoms with van der Waals surface area (Å²) in [6.07, 6.45) is 3.74. The lowest BCUT2D eigenvalue weighted by atomic mass is 9.90. The van der Waals surface area contributed by atoms with Crippen molar-refractivity contribution in [3.63, 3.8) is 0 Å². The Balaban J connectivity index is 1.78. The molecule has 3 N–H and O–H groups in total. The molecule has 4 rings (SSSR count). The van der Waals surface area contributed by atoms with Crippen LogP contribution in [0.2, 0.25) is 0 Å². The largest absolute Gasteiger partial charge is 0.480 e. The van der Waals surface area contributed by atoms with Gasteiger partial charge in [0.05, 0.1) is 48.2 Å². The summed E-state index contributed by atoms with van der Waals surface area (Å²) >= 11 is 0. The van der Waals surface area contributed by atoms with Crippen molar-refractivity contribution in [3.05, 3.63) is 59.2 Å². The lowest BCUT2D eigenvalue weighted by Gasteiger charge is -2.27. The molecule has 8 nitrogen and oxygen atoms in total. The number of anilines is 1. The average molecular weight is 362 g/mol. The van der Waals surface area contributed by atoms with Crippen molar-refractivity contribution in [1.82, 2.24) is 25.3 Å². The summed E-state index contributed by atoms with van der Waals surface area (Å²) in [4.78, 5) is 29.7. The highest BCUT2D eigenvalue weighted by atomic mass is 16.5. The number of amides is 1. The predicted molar refractivity (Wildman–Crippen MR) is 99.1 cm³/mol. The van der Waals surface area contributed by atoms with E-state index >= 15 is 0 Å². The van der Waals surface area contributed by atoms with Gasteiger partial charge in [0.2, 0.25) is 11.8 Å². The molecule has 1 aliphatic heterocycles. The molecule has 3 heterocycles. The first-order chi connectivity index (χ1) is 13.1. The number of carbonyl (C=O) groups is 1. The number of hydrogen-bond donors (Lipinski definition) is 2. The van der Waals surface area contributed by atoms with Crippen LogP contribution in [0.25, 0.3) is 11.3 Å². The van der Waals surface area contributed by atoms with Crippen LogP contribution in [0.3, 0.4) is 0 Å². The smallest absolute Gasteiger partial charge is 0.255 e. The van der Waals surface area contributed by atoms with E-state index in [0.29, 0.717) is 34.9 Å². The topological polar surface area (TPSA) is 116 Å². The SMILES string of the molecule is COc1cncc(-c2ccccc2C2Cc3nc(N)nc(C)c3C(=O)N2)n1. The van der Waals surface area contributed by atoms with Crippen molar-refractivity contribution in [2.24, 2.45) is 0 Å². The van der Waals surface area contributed by atoms with E-state index in [0.717, 1.165) is 11.1 Å². The molecule has 1 aliphatic rings. The molecule has 136 valence electrons. The van der Waals surface area contributed by atoms with Gasteiger partial charge in [-0.1, -0.05) is 24.3 Å². The second kappa shape index (κ2) is 6.64. The molecule has 3 aromatic rings. The molecule has 0 saturated carbocycles. The molecule has 1 atom stereocenters. The van der Waals surface area contributed by atoms with Crippen LogP contribution in [-0.2, 0) is 6.42 Å². The number of carbonyl (C=O) groups excluding carboxylic acids is 1. The Bertz CT molecular complexity index is 1040. The standard InChI is InChI=1S/C19H18N6O2/c1-10-17-14(25-19(20)22-10)7-13(24-18(17)26)11-5-3-4-6-12(11)15-8-21-9-16(23-15)27-2/h3-6,8-9,13H,7H2,1-2H3,(H,24,26)(H2,20,22,25). The van der Waals surface area contributed by atoms with Crippen LogP contribution < -0.4 is 15.8 Å². The second-order valence-electron chi connectivity index (χ2n) is 6.25. The van der Waals surface area contributed by atoms with Crippen LogP contribution in [0.15, 0.2) is 36.7 Å². The van der Waals surface area contributed by atoms with Gasteiger partial charge >= 0.3 is 0 Å². The molecular formula is C19H18N6O2. The molecule has 0 aliphatic carbocycles. The van der Waals surface area contributed by atoms with Crippen LogP contribution in [0.5, 0.6) is 5.88 Å². The molecule has 2 aromatic heterocycles. The monoisotopic (exact) mass is 362 g/mol. The Labute approximate surface area is 155 Å². The number of nitrogens with one attached hydrogen (secondary N) is 1. The number of nitrogen functional groups attached to an aromatic ring is 1. The lowest BCUT2D eigenvalue weighted by molar-refractivity contribution is 0.0922. The number of aromatic nitrogens is 4. The van der Waals surface area contributed by atoms with Gasteiger partial charge in [-0.25, -0.2) is 15.0 Å². The fourth-order valence-corrected chi connectivity index (χ4v) is 3.37. The highest BCUT2D eigenvalue weighted by Crippen LogP contribution is 2.32. The fraction of sp³-hybridized carbons (Fsp3) is 0.211. The van der Waals surface area contributed by atoms with Gasteiger partial charge in [-0.05, 0) is 12.5 Å². The third kappa shape index (κ3) is 3.05. The van der Waals surface area contributed by atoms with Crippen LogP contribution in [-0.4, -0.2) is 33.0 Å². The van der Waals surface area contributed by atoms with Gasteiger partial charge in [0.1, 0.15) is 0 Å². The summed E-state index contributed by atoms with van der Waals surface area (Å²) in [5, 5.41) is 3.05. The van der Waals surface area contributed by atoms with Crippen molar-refractivity contribution in [1.29, 1.82) is 0 Å². The van der Waals surface area contributed by atoms with Crippen molar-refractivity contribution in [2.45, 2.75) is 19.4 Å². The minimum atomic E-state index is -0.261. The summed E-state index contributed by atoms with van der Waals surface area (Å²) < 4.78 is 5.18. The van der Waals surface area contributed by atoms with Gasteiger partial charge in [0.15, 0.2) is 0 Å². The van der Waals surface area contributed by atoms with E-state index in [4.69, 9.17) is 10.5 Å². The third-order valence-electron chi connectivity index (χ3n) is 4.55. The summed E-state index contributed by atoms with van der Waals surface area (Å²) in [6.45, 7) is 1.76. The quantitative estimate of drug-likeness (QED) is 0.730. The van der Waals surface area contributed by atoms with E-state index in [2.05, 4.69) is 25.3 Å². The van der Waals surface area contributed by atoms with Gasteiger partial charge in [-0.15, -0.1) is 0 Å². The highest BCUT2D eigenvalue weighted by Gasteiger charge is 2.30. The molecule has 8 heteroatoms. The highest BCUT2D eigenvalue weighted by molar-refractivity contribution is 5.98. The van der Waals surface area contributed by atoms with Gasteiger partial charge in [-0.3, -0.25) is 9.78 Å². The maximum atomic E-state index is 12.7. The predicted octanol–water partition coefficient (Wildman–Crippen LogP) is 1.86. The molecule has 1 amide bonds. The van der Waals surface area contributed by atoms with Gasteiger partial charge in [0.25, 0.3) is 5.91 Å². The minimum Gasteiger partial charge on any atom is -0.480 e. The van der Waals surface area contributed by atoms with E-state index in [1.807, 2.05) is 24.3 Å². The normalized spacial score (nSPS) is 15.8. The summed E-state index contributed by atoms with van der Waals surface area (Å²) in [6, 6.07) is 7.49. The zero-order valence-corrected chi connectivity index (χ0v) is 14.9. The maximum absolute atomic E-state index is 12.7. The average Bonchev–Trinajstić information content (AvgIpc) is 2.67. The van der Waals surface area contributed by atoms with E-state index in [-0.39, 0.29) is 17.9 Å². The number of nitrogens with two attached hydrogens (primary N) is 1. The Morgan fingerprint density at radius 1 is 1.19 bits per heavy atom. The number of ether oxygens (including phenoxy) is 1. The van der Waals surface area contributed by atoms with Crippen molar-refractivity contribution >= 4 is 11.9 Å². The van der Waals surface area contributed by atoms with Gasteiger partial charge in [0, 0.05) is 12.0 Å². The van der Waals surface area contributed by atoms with E-state index in [1.54, 1.807) is 26.4 Å². The van der Waals surface area contributed by atoms with E-state index in [9.17, 15) is 4.79 Å². The molecule has 1 aromatic carbocycles. The van der Waals surface area contributed by atoms with E-state index in [1.165, 1.54) is 0 Å². The zero-order valence-electron chi connectivity index (χ0n) is 14.9. The first-order valence-electron chi connectivity index (χ1n) is 8.46. The summed E-state index contributed by atoms with van der Waals surface area (Å²) in [7, 11) is 1.55. The number of fused-ring (bicyclic) bond motifs is 1. The molecule has 0 bridgehead atoms.